The maximum Gasteiger partial charge on any atom is 0.247 e. The molecular weight excluding hydrogens is 248 g/mol. The van der Waals surface area contributed by atoms with Crippen LogP contribution in [0.25, 0.3) is 23.9 Å². The van der Waals surface area contributed by atoms with E-state index in [1.807, 2.05) is 16.7 Å². The van der Waals surface area contributed by atoms with Crippen LogP contribution in [0.1, 0.15) is 24.4 Å². The van der Waals surface area contributed by atoms with Gasteiger partial charge in [0.05, 0.1) is 0 Å². The lowest BCUT2D eigenvalue weighted by molar-refractivity contribution is -0.124. The number of allylic oxidation sites excluding steroid dienone is 1. The molecule has 1 N–H and O–H groups in total. The minimum absolute atomic E-state index is 0.0194. The second-order valence-electron chi connectivity index (χ2n) is 5.41. The summed E-state index contributed by atoms with van der Waals surface area (Å²) in [5.74, 6) is -0.0194. The fourth-order valence-corrected chi connectivity index (χ4v) is 3.09. The molecular formula is C17H18N2O. The molecule has 1 unspecified atom stereocenters. The molecule has 1 aliphatic heterocycles. The van der Waals surface area contributed by atoms with Gasteiger partial charge in [0.1, 0.15) is 6.04 Å². The molecule has 0 bridgehead atoms. The zero-order chi connectivity index (χ0) is 14.4. The Labute approximate surface area is 117 Å². The number of piperidine rings is 1. The van der Waals surface area contributed by atoms with Gasteiger partial charge in [0.25, 0.3) is 0 Å². The van der Waals surface area contributed by atoms with Crippen molar-refractivity contribution in [2.24, 2.45) is 0 Å². The molecule has 102 valence electrons. The zero-order valence-corrected chi connectivity index (χ0v) is 11.7. The molecule has 3 nitrogen and oxygen atoms in total. The Hall–Kier alpha value is -2.29. The van der Waals surface area contributed by atoms with Crippen LogP contribution >= 0.6 is 0 Å². The molecule has 0 radical (unpaired) electrons. The Balaban J connectivity index is 2.25. The summed E-state index contributed by atoms with van der Waals surface area (Å²) in [5, 5.41) is 6.75. The first kappa shape index (κ1) is 12.7. The number of hydrogen-bond donors (Lipinski definition) is 1. The maximum absolute atomic E-state index is 12.2. The maximum atomic E-state index is 12.2. The number of benzene rings is 1. The topological polar surface area (TPSA) is 34.0 Å². The van der Waals surface area contributed by atoms with Gasteiger partial charge in [-0.3, -0.25) is 4.79 Å². The van der Waals surface area contributed by atoms with Crippen LogP contribution < -0.4 is 16.0 Å². The summed E-state index contributed by atoms with van der Waals surface area (Å²) in [6.07, 6.45) is 1.54. The normalized spacial score (nSPS) is 19.4. The molecule has 1 atom stereocenters. The third kappa shape index (κ3) is 1.70. The van der Waals surface area contributed by atoms with Crippen molar-refractivity contribution in [1.82, 2.24) is 9.88 Å². The Bertz CT molecular complexity index is 829. The number of nitrogens with zero attached hydrogens (tertiary/aromatic N) is 1. The summed E-state index contributed by atoms with van der Waals surface area (Å²) in [6.45, 7) is 14.2. The first-order valence-corrected chi connectivity index (χ1v) is 6.76. The molecule has 0 spiro atoms. The standard InChI is InChI=1S/C17H18N2O/c1-10-6-5-7-14-12(3)19(13(4)16(10)14)15-9-8-11(2)18-17(15)20/h5-7,15H,2-4,8-9H2,1H3,(H,18,20). The number of amides is 1. The Kier molecular flexibility index (Phi) is 2.78. The number of hydrogen-bond acceptors (Lipinski definition) is 1. The van der Waals surface area contributed by atoms with Crippen molar-refractivity contribution in [2.75, 3.05) is 0 Å². The smallest absolute Gasteiger partial charge is 0.247 e. The number of nitrogens with one attached hydrogen (secondary N) is 1. The molecule has 3 heteroatoms. The highest BCUT2D eigenvalue weighted by Crippen LogP contribution is 2.21. The molecule has 0 aliphatic carbocycles. The largest absolute Gasteiger partial charge is 0.329 e. The van der Waals surface area contributed by atoms with Gasteiger partial charge in [-0.25, -0.2) is 0 Å². The monoisotopic (exact) mass is 266 g/mol. The minimum atomic E-state index is -0.243. The highest BCUT2D eigenvalue weighted by atomic mass is 16.2. The number of aromatic nitrogens is 1. The molecule has 20 heavy (non-hydrogen) atoms. The van der Waals surface area contributed by atoms with E-state index in [1.165, 1.54) is 0 Å². The van der Waals surface area contributed by atoms with Gasteiger partial charge in [0.2, 0.25) is 5.91 Å². The van der Waals surface area contributed by atoms with E-state index in [0.29, 0.717) is 0 Å². The molecule has 2 heterocycles. The summed E-state index contributed by atoms with van der Waals surface area (Å²) in [4.78, 5) is 12.2. The van der Waals surface area contributed by atoms with Crippen LogP contribution in [-0.2, 0) is 4.79 Å². The van der Waals surface area contributed by atoms with Crippen molar-refractivity contribution in [1.29, 1.82) is 0 Å². The lowest BCUT2D eigenvalue weighted by Crippen LogP contribution is -2.42. The van der Waals surface area contributed by atoms with E-state index >= 15 is 0 Å². The van der Waals surface area contributed by atoms with E-state index < -0.39 is 0 Å². The van der Waals surface area contributed by atoms with Gasteiger partial charge in [0.15, 0.2) is 0 Å². The molecule has 0 saturated carbocycles. The van der Waals surface area contributed by atoms with Crippen molar-refractivity contribution in [3.05, 3.63) is 46.7 Å². The lowest BCUT2D eigenvalue weighted by Gasteiger charge is -2.25. The molecule has 2 aromatic rings. The highest BCUT2D eigenvalue weighted by molar-refractivity contribution is 5.89. The molecule has 1 aromatic carbocycles. The third-order valence-corrected chi connectivity index (χ3v) is 4.09. The van der Waals surface area contributed by atoms with Crippen molar-refractivity contribution in [3.8, 4) is 0 Å². The molecule has 1 aromatic heterocycles. The SMILES string of the molecule is C=C1CCC(n2c(=C)c3cccc(C)c3c2=C)C(=O)N1. The summed E-state index contributed by atoms with van der Waals surface area (Å²) < 4.78 is 1.97. The van der Waals surface area contributed by atoms with Gasteiger partial charge >= 0.3 is 0 Å². The van der Waals surface area contributed by atoms with E-state index in [-0.39, 0.29) is 11.9 Å². The van der Waals surface area contributed by atoms with Crippen molar-refractivity contribution in [3.63, 3.8) is 0 Å². The summed E-state index contributed by atoms with van der Waals surface area (Å²) in [5.41, 5.74) is 1.95. The highest BCUT2D eigenvalue weighted by Gasteiger charge is 2.27. The van der Waals surface area contributed by atoms with Gasteiger partial charge in [-0.05, 0) is 25.3 Å². The predicted octanol–water partition coefficient (Wildman–Crippen LogP) is 1.74. The van der Waals surface area contributed by atoms with E-state index in [0.717, 1.165) is 45.6 Å². The summed E-state index contributed by atoms with van der Waals surface area (Å²) >= 11 is 0. The average Bonchev–Trinajstić information content (AvgIpc) is 2.64. The lowest BCUT2D eigenvalue weighted by atomic mass is 10.0. The molecule has 3 rings (SSSR count). The van der Waals surface area contributed by atoms with Gasteiger partial charge < -0.3 is 9.88 Å². The zero-order valence-electron chi connectivity index (χ0n) is 11.7. The second kappa shape index (κ2) is 4.37. The molecule has 1 aliphatic rings. The van der Waals surface area contributed by atoms with Crippen LogP contribution in [0.5, 0.6) is 0 Å². The van der Waals surface area contributed by atoms with E-state index in [9.17, 15) is 4.79 Å². The first-order chi connectivity index (χ1) is 9.50. The third-order valence-electron chi connectivity index (χ3n) is 4.09. The minimum Gasteiger partial charge on any atom is -0.329 e. The van der Waals surface area contributed by atoms with Gasteiger partial charge in [-0.1, -0.05) is 37.9 Å². The van der Waals surface area contributed by atoms with Crippen molar-refractivity contribution < 1.29 is 4.79 Å². The molecule has 1 saturated heterocycles. The molecule has 1 fully saturated rings. The van der Waals surface area contributed by atoms with Crippen molar-refractivity contribution in [2.45, 2.75) is 25.8 Å². The fraction of sp³-hybridized carbons (Fsp3) is 0.235. The number of carbonyl (C=O) groups excluding carboxylic acids is 1. The van der Waals surface area contributed by atoms with E-state index in [4.69, 9.17) is 0 Å². The van der Waals surface area contributed by atoms with Crippen LogP contribution in [0.4, 0.5) is 0 Å². The van der Waals surface area contributed by atoms with Gasteiger partial charge in [0, 0.05) is 27.2 Å². The second-order valence-corrected chi connectivity index (χ2v) is 5.41. The van der Waals surface area contributed by atoms with Crippen LogP contribution in [0, 0.1) is 6.92 Å². The van der Waals surface area contributed by atoms with Crippen LogP contribution in [0.3, 0.4) is 0 Å². The number of carbonyl (C=O) groups is 1. The number of rotatable bonds is 1. The predicted molar refractivity (Wildman–Crippen MR) is 82.5 cm³/mol. The molecule has 1 amide bonds. The quantitative estimate of drug-likeness (QED) is 0.838. The van der Waals surface area contributed by atoms with Crippen molar-refractivity contribution >= 4 is 29.8 Å². The Morgan fingerprint density at radius 2 is 2.00 bits per heavy atom. The first-order valence-electron chi connectivity index (χ1n) is 6.76. The van der Waals surface area contributed by atoms with Crippen LogP contribution in [0.15, 0.2) is 30.5 Å². The summed E-state index contributed by atoms with van der Waals surface area (Å²) in [6, 6.07) is 5.87. The number of aryl methyl sites for hydroxylation is 1. The van der Waals surface area contributed by atoms with E-state index in [1.54, 1.807) is 0 Å². The van der Waals surface area contributed by atoms with Crippen LogP contribution in [0.2, 0.25) is 0 Å². The van der Waals surface area contributed by atoms with Gasteiger partial charge in [-0.2, -0.15) is 0 Å². The fourth-order valence-electron chi connectivity index (χ4n) is 3.09. The average molecular weight is 266 g/mol. The number of fused-ring (bicyclic) bond motifs is 1. The summed E-state index contributed by atoms with van der Waals surface area (Å²) in [7, 11) is 0. The Morgan fingerprint density at radius 1 is 1.25 bits per heavy atom. The van der Waals surface area contributed by atoms with Gasteiger partial charge in [-0.15, -0.1) is 0 Å². The Morgan fingerprint density at radius 3 is 2.65 bits per heavy atom. The van der Waals surface area contributed by atoms with E-state index in [2.05, 4.69) is 38.0 Å². The van der Waals surface area contributed by atoms with Crippen LogP contribution in [-0.4, -0.2) is 10.5 Å².